The zero-order chi connectivity index (χ0) is 5.91. The molecule has 0 aliphatic heterocycles. The Balaban J connectivity index is 3.36. The van der Waals surface area contributed by atoms with Crippen LogP contribution in [0.5, 0.6) is 0 Å². The van der Waals surface area contributed by atoms with Crippen LogP contribution < -0.4 is 0 Å². The van der Waals surface area contributed by atoms with Crippen LogP contribution in [-0.4, -0.2) is 6.29 Å². The summed E-state index contributed by atoms with van der Waals surface area (Å²) in [5.41, 5.74) is 0. The van der Waals surface area contributed by atoms with Crippen LogP contribution in [0.1, 0.15) is 0 Å². The van der Waals surface area contributed by atoms with Gasteiger partial charge in [-0.2, -0.15) is 0 Å². The van der Waals surface area contributed by atoms with Crippen molar-refractivity contribution < 1.29 is 27.7 Å². The summed E-state index contributed by atoms with van der Waals surface area (Å²) < 4.78 is 41.7. The Morgan fingerprint density at radius 2 is 1.29 bits per heavy atom. The second kappa shape index (κ2) is 2.08. The normalized spacial score (nSPS) is 12.0. The van der Waals surface area contributed by atoms with Gasteiger partial charge in [-0.15, -0.1) is 8.78 Å². The maximum atomic E-state index is 10.7. The molecule has 0 amide bonds. The molecule has 7 heavy (non-hydrogen) atoms. The summed E-state index contributed by atoms with van der Waals surface area (Å²) in [4.78, 5) is 3.31. The number of alkyl halides is 2. The third-order valence-corrected chi connectivity index (χ3v) is 0.180. The second-order valence-electron chi connectivity index (χ2n) is 0.618. The molecule has 0 aromatic heterocycles. The van der Waals surface area contributed by atoms with E-state index in [1.807, 2.05) is 0 Å². The van der Waals surface area contributed by atoms with Crippen molar-refractivity contribution in [3.63, 3.8) is 0 Å². The van der Waals surface area contributed by atoms with Gasteiger partial charge in [0.1, 0.15) is 0 Å². The van der Waals surface area contributed by atoms with E-state index in [1.165, 1.54) is 0 Å². The monoisotopic (exact) mass is 121 g/mol. The van der Waals surface area contributed by atoms with E-state index in [0.29, 0.717) is 0 Å². The van der Waals surface area contributed by atoms with Gasteiger partial charge in [-0.05, 0) is 9.05 Å². The number of halogens is 4. The van der Waals surface area contributed by atoms with E-state index in [-0.39, 0.29) is 0 Å². The minimum atomic E-state index is -4.75. The predicted octanol–water partition coefficient (Wildman–Crippen LogP) is 1.34. The summed E-state index contributed by atoms with van der Waals surface area (Å²) in [6, 6.07) is 0. The fourth-order valence-electron chi connectivity index (χ4n) is 0.0119. The Kier molecular flexibility index (Phi) is 1.97. The van der Waals surface area contributed by atoms with Crippen LogP contribution in [0.15, 0.2) is 0 Å². The van der Waals surface area contributed by atoms with Gasteiger partial charge >= 0.3 is 6.29 Å². The molecule has 2 nitrogen and oxygen atoms in total. The first-order chi connectivity index (χ1) is 3.12. The molecule has 0 rings (SSSR count). The Labute approximate surface area is 35.4 Å². The minimum absolute atomic E-state index is 1.66. The highest BCUT2D eigenvalue weighted by molar-refractivity contribution is 4.13. The molecule has 0 aromatic rings. The van der Waals surface area contributed by atoms with E-state index in [2.05, 4.69) is 0 Å². The second-order valence-corrected chi connectivity index (χ2v) is 0.618. The van der Waals surface area contributed by atoms with Crippen molar-refractivity contribution in [3.05, 3.63) is 0 Å². The average molecular weight is 121 g/mol. The number of hydrogen-bond acceptors (Lipinski definition) is 2. The van der Waals surface area contributed by atoms with Crippen molar-refractivity contribution in [1.82, 2.24) is 0 Å². The summed E-state index contributed by atoms with van der Waals surface area (Å²) in [6.45, 7) is 0. The summed E-state index contributed by atoms with van der Waals surface area (Å²) >= 11 is 0. The number of hydrogen-bond donors (Lipinski definition) is 0. The molecule has 0 spiro atoms. The molecule has 44 valence electrons. The lowest BCUT2D eigenvalue weighted by atomic mass is 12.2. The smallest absolute Gasteiger partial charge is 0.144 e. The van der Waals surface area contributed by atoms with Crippen LogP contribution in [0.2, 0.25) is 0 Å². The van der Waals surface area contributed by atoms with Crippen molar-refractivity contribution in [1.29, 1.82) is 0 Å². The SMILES string of the molecule is FO[13C](F)(F)OF. The average Bonchev–Trinajstić information content (AvgIpc) is 1.68. The van der Waals surface area contributed by atoms with Gasteiger partial charge in [-0.25, -0.2) is 0 Å². The molecule has 0 saturated heterocycles. The first kappa shape index (κ1) is 6.64. The summed E-state index contributed by atoms with van der Waals surface area (Å²) in [6.07, 6.45) is -4.75. The lowest BCUT2D eigenvalue weighted by Gasteiger charge is -1.98. The Hall–Kier alpha value is -0.360. The summed E-state index contributed by atoms with van der Waals surface area (Å²) in [7, 11) is 0. The molecule has 0 heterocycles. The molecule has 0 aliphatic carbocycles. The fourth-order valence-corrected chi connectivity index (χ4v) is 0.0119. The summed E-state index contributed by atoms with van der Waals surface area (Å²) in [5.74, 6) is 0. The molecule has 0 aliphatic rings. The van der Waals surface area contributed by atoms with Gasteiger partial charge < -0.3 is 0 Å². The van der Waals surface area contributed by atoms with E-state index in [9.17, 15) is 17.8 Å². The molecule has 0 fully saturated rings. The maximum absolute atomic E-state index is 10.7. The maximum Gasteiger partial charge on any atom is 0.547 e. The predicted molar refractivity (Wildman–Crippen MR) is 9.33 cm³/mol. The highest BCUT2D eigenvalue weighted by atomic mass is 19.4. The third-order valence-electron chi connectivity index (χ3n) is 0.180. The Bertz CT molecular complexity index is 47.7. The van der Waals surface area contributed by atoms with Gasteiger partial charge in [0.2, 0.25) is 0 Å². The van der Waals surface area contributed by atoms with Crippen LogP contribution in [-0.2, 0) is 9.88 Å². The zero-order valence-electron chi connectivity index (χ0n) is 2.83. The van der Waals surface area contributed by atoms with Gasteiger partial charge in [-0.3, -0.25) is 0 Å². The molecular formula is CF4O2. The fraction of sp³-hybridized carbons (Fsp3) is 1.00. The van der Waals surface area contributed by atoms with Crippen molar-refractivity contribution in [2.24, 2.45) is 0 Å². The van der Waals surface area contributed by atoms with Gasteiger partial charge in [0.05, 0.1) is 0 Å². The van der Waals surface area contributed by atoms with Crippen LogP contribution in [0.25, 0.3) is 0 Å². The van der Waals surface area contributed by atoms with E-state index in [0.717, 1.165) is 0 Å². The topological polar surface area (TPSA) is 18.5 Å². The molecule has 0 atom stereocenters. The zero-order valence-corrected chi connectivity index (χ0v) is 2.83. The first-order valence-corrected chi connectivity index (χ1v) is 1.09. The first-order valence-electron chi connectivity index (χ1n) is 1.09. The van der Waals surface area contributed by atoms with E-state index < -0.39 is 6.29 Å². The van der Waals surface area contributed by atoms with Crippen LogP contribution in [0, 0.1) is 0 Å². The lowest BCUT2D eigenvalue weighted by Crippen LogP contribution is -2.16. The Morgan fingerprint density at radius 1 is 1.00 bits per heavy atom. The minimum Gasteiger partial charge on any atom is -0.144 e. The molecule has 6 heteroatoms. The highest BCUT2D eigenvalue weighted by Crippen LogP contribution is 2.16. The highest BCUT2D eigenvalue weighted by Gasteiger charge is 2.35. The molecule has 0 bridgehead atoms. The van der Waals surface area contributed by atoms with Crippen molar-refractivity contribution >= 4 is 0 Å². The molecular weight excluding hydrogens is 121 g/mol. The van der Waals surface area contributed by atoms with Crippen molar-refractivity contribution in [3.8, 4) is 0 Å². The quantitative estimate of drug-likeness (QED) is 0.311. The molecule has 0 unspecified atom stereocenters. The van der Waals surface area contributed by atoms with E-state index >= 15 is 0 Å². The van der Waals surface area contributed by atoms with Crippen molar-refractivity contribution in [2.75, 3.05) is 0 Å². The van der Waals surface area contributed by atoms with Gasteiger partial charge in [0.15, 0.2) is 0 Å². The van der Waals surface area contributed by atoms with Crippen LogP contribution in [0.4, 0.5) is 17.8 Å². The van der Waals surface area contributed by atoms with Crippen LogP contribution in [0.3, 0.4) is 0 Å². The molecule has 0 radical (unpaired) electrons. The summed E-state index contributed by atoms with van der Waals surface area (Å²) in [5, 5.41) is 0. The van der Waals surface area contributed by atoms with E-state index in [4.69, 9.17) is 0 Å². The standard InChI is InChI=1S/CF4O2/c2-1(3,6-4)7-5/i1+1. The molecule has 0 aromatic carbocycles. The largest absolute Gasteiger partial charge is 0.547 e. The molecule has 0 saturated carbocycles. The van der Waals surface area contributed by atoms with Gasteiger partial charge in [0, 0.05) is 0 Å². The molecule has 0 N–H and O–H groups in total. The lowest BCUT2D eigenvalue weighted by molar-refractivity contribution is -0.518. The van der Waals surface area contributed by atoms with Gasteiger partial charge in [-0.1, -0.05) is 9.88 Å². The van der Waals surface area contributed by atoms with Crippen molar-refractivity contribution in [2.45, 2.75) is 6.29 Å². The van der Waals surface area contributed by atoms with Crippen LogP contribution >= 0.6 is 0 Å². The van der Waals surface area contributed by atoms with Gasteiger partial charge in [0.25, 0.3) is 0 Å². The third kappa shape index (κ3) is 2.35. The number of rotatable bonds is 2. The van der Waals surface area contributed by atoms with E-state index in [1.54, 1.807) is 9.88 Å². The Morgan fingerprint density at radius 3 is 1.29 bits per heavy atom.